The van der Waals surface area contributed by atoms with Gasteiger partial charge in [-0.3, -0.25) is 9.59 Å². The van der Waals surface area contributed by atoms with Crippen LogP contribution in [0.3, 0.4) is 0 Å². The summed E-state index contributed by atoms with van der Waals surface area (Å²) in [6.45, 7) is 4.94. The van der Waals surface area contributed by atoms with Crippen molar-refractivity contribution in [3.8, 4) is 0 Å². The van der Waals surface area contributed by atoms with Gasteiger partial charge in [0, 0.05) is 12.2 Å². The fraction of sp³-hybridized carbons (Fsp3) is 0.500. The molecule has 0 bridgehead atoms. The van der Waals surface area contributed by atoms with Crippen LogP contribution in [0.1, 0.15) is 26.7 Å². The van der Waals surface area contributed by atoms with Crippen molar-refractivity contribution in [1.82, 2.24) is 5.32 Å². The molecule has 4 heteroatoms. The fourth-order valence-electron chi connectivity index (χ4n) is 2.15. The lowest BCUT2D eigenvalue weighted by molar-refractivity contribution is -0.125. The largest absolute Gasteiger partial charge is 0.356 e. The highest BCUT2D eigenvalue weighted by Crippen LogP contribution is 2.39. The average Bonchev–Trinajstić information content (AvgIpc) is 3.19. The summed E-state index contributed by atoms with van der Waals surface area (Å²) in [6.07, 6.45) is 1.63. The van der Waals surface area contributed by atoms with Crippen LogP contribution in [0.15, 0.2) is 30.3 Å². The second-order valence-electron chi connectivity index (χ2n) is 5.78. The summed E-state index contributed by atoms with van der Waals surface area (Å²) in [4.78, 5) is 23.8. The second kappa shape index (κ2) is 6.55. The molecule has 2 rings (SSSR count). The Morgan fingerprint density at radius 1 is 1.15 bits per heavy atom. The maximum atomic E-state index is 12.0. The molecule has 4 nitrogen and oxygen atoms in total. The highest BCUT2D eigenvalue weighted by Gasteiger charge is 2.47. The lowest BCUT2D eigenvalue weighted by atomic mass is 10.1. The van der Waals surface area contributed by atoms with Crippen LogP contribution in [0.2, 0.25) is 0 Å². The SMILES string of the molecule is CC(C)CCNC(=O)C1CC1C(=O)Nc1ccccc1. The molecule has 0 heterocycles. The van der Waals surface area contributed by atoms with Crippen molar-refractivity contribution in [2.24, 2.45) is 17.8 Å². The molecule has 0 aliphatic heterocycles. The van der Waals surface area contributed by atoms with Gasteiger partial charge < -0.3 is 10.6 Å². The molecule has 2 unspecified atom stereocenters. The van der Waals surface area contributed by atoms with E-state index in [9.17, 15) is 9.59 Å². The van der Waals surface area contributed by atoms with Crippen LogP contribution >= 0.6 is 0 Å². The molecule has 2 amide bonds. The van der Waals surface area contributed by atoms with Crippen molar-refractivity contribution in [1.29, 1.82) is 0 Å². The summed E-state index contributed by atoms with van der Waals surface area (Å²) in [7, 11) is 0. The Morgan fingerprint density at radius 3 is 2.45 bits per heavy atom. The number of benzene rings is 1. The van der Waals surface area contributed by atoms with Crippen LogP contribution in [-0.2, 0) is 9.59 Å². The van der Waals surface area contributed by atoms with Crippen molar-refractivity contribution < 1.29 is 9.59 Å². The lowest BCUT2D eigenvalue weighted by Gasteiger charge is -2.07. The van der Waals surface area contributed by atoms with Crippen molar-refractivity contribution in [3.05, 3.63) is 30.3 Å². The van der Waals surface area contributed by atoms with Crippen molar-refractivity contribution >= 4 is 17.5 Å². The van der Waals surface area contributed by atoms with Gasteiger partial charge in [0.1, 0.15) is 0 Å². The molecule has 20 heavy (non-hydrogen) atoms. The normalized spacial score (nSPS) is 20.6. The summed E-state index contributed by atoms with van der Waals surface area (Å²) in [6, 6.07) is 9.34. The molecule has 1 aliphatic carbocycles. The summed E-state index contributed by atoms with van der Waals surface area (Å²) >= 11 is 0. The van der Waals surface area contributed by atoms with Crippen LogP contribution in [0, 0.1) is 17.8 Å². The first-order chi connectivity index (χ1) is 9.58. The first-order valence-electron chi connectivity index (χ1n) is 7.21. The Morgan fingerprint density at radius 2 is 1.80 bits per heavy atom. The first kappa shape index (κ1) is 14.6. The molecule has 1 aromatic carbocycles. The predicted octanol–water partition coefficient (Wildman–Crippen LogP) is 2.42. The van der Waals surface area contributed by atoms with Crippen LogP contribution in [0.4, 0.5) is 5.69 Å². The van der Waals surface area contributed by atoms with E-state index in [0.717, 1.165) is 12.1 Å². The fourth-order valence-corrected chi connectivity index (χ4v) is 2.15. The Hall–Kier alpha value is -1.84. The molecule has 0 saturated heterocycles. The van der Waals surface area contributed by atoms with E-state index in [0.29, 0.717) is 18.9 Å². The molecule has 1 saturated carbocycles. The van der Waals surface area contributed by atoms with Gasteiger partial charge in [0.2, 0.25) is 11.8 Å². The predicted molar refractivity (Wildman–Crippen MR) is 79.1 cm³/mol. The van der Waals surface area contributed by atoms with E-state index in [1.165, 1.54) is 0 Å². The molecular weight excluding hydrogens is 252 g/mol. The number of amides is 2. The number of nitrogens with one attached hydrogen (secondary N) is 2. The number of hydrogen-bond acceptors (Lipinski definition) is 2. The van der Waals surface area contributed by atoms with E-state index in [1.54, 1.807) is 0 Å². The Bertz CT molecular complexity index is 471. The van der Waals surface area contributed by atoms with Gasteiger partial charge in [0.05, 0.1) is 11.8 Å². The van der Waals surface area contributed by atoms with Gasteiger partial charge in [-0.1, -0.05) is 32.0 Å². The average molecular weight is 274 g/mol. The first-order valence-corrected chi connectivity index (χ1v) is 7.21. The van der Waals surface area contributed by atoms with Crippen molar-refractivity contribution in [2.45, 2.75) is 26.7 Å². The number of hydrogen-bond donors (Lipinski definition) is 2. The van der Waals surface area contributed by atoms with Gasteiger partial charge in [-0.05, 0) is 30.9 Å². The van der Waals surface area contributed by atoms with Gasteiger partial charge in [0.15, 0.2) is 0 Å². The zero-order chi connectivity index (χ0) is 14.5. The van der Waals surface area contributed by atoms with Gasteiger partial charge >= 0.3 is 0 Å². The van der Waals surface area contributed by atoms with Crippen molar-refractivity contribution in [3.63, 3.8) is 0 Å². The summed E-state index contributed by atoms with van der Waals surface area (Å²) in [5, 5.41) is 5.75. The molecule has 2 N–H and O–H groups in total. The molecule has 108 valence electrons. The highest BCUT2D eigenvalue weighted by atomic mass is 16.2. The van der Waals surface area contributed by atoms with Crippen molar-refractivity contribution in [2.75, 3.05) is 11.9 Å². The van der Waals surface area contributed by atoms with E-state index in [1.807, 2.05) is 30.3 Å². The van der Waals surface area contributed by atoms with E-state index >= 15 is 0 Å². The number of rotatable bonds is 6. The Labute approximate surface area is 119 Å². The molecule has 2 atom stereocenters. The minimum Gasteiger partial charge on any atom is -0.356 e. The molecule has 1 aromatic rings. The maximum Gasteiger partial charge on any atom is 0.228 e. The monoisotopic (exact) mass is 274 g/mol. The summed E-state index contributed by atoms with van der Waals surface area (Å²) < 4.78 is 0. The minimum atomic E-state index is -0.172. The minimum absolute atomic E-state index is 0.0128. The zero-order valence-electron chi connectivity index (χ0n) is 12.1. The third-order valence-corrected chi connectivity index (χ3v) is 3.53. The van der Waals surface area contributed by atoms with E-state index < -0.39 is 0 Å². The van der Waals surface area contributed by atoms with Gasteiger partial charge in [-0.2, -0.15) is 0 Å². The molecule has 1 fully saturated rings. The number of para-hydroxylation sites is 1. The smallest absolute Gasteiger partial charge is 0.228 e. The van der Waals surface area contributed by atoms with E-state index in [2.05, 4.69) is 24.5 Å². The van der Waals surface area contributed by atoms with Crippen LogP contribution in [-0.4, -0.2) is 18.4 Å². The van der Waals surface area contributed by atoms with Gasteiger partial charge in [-0.25, -0.2) is 0 Å². The molecule has 1 aliphatic rings. The molecule has 0 radical (unpaired) electrons. The van der Waals surface area contributed by atoms with Crippen LogP contribution in [0.5, 0.6) is 0 Å². The molecular formula is C16H22N2O2. The summed E-state index contributed by atoms with van der Waals surface area (Å²) in [5.41, 5.74) is 0.781. The topological polar surface area (TPSA) is 58.2 Å². The quantitative estimate of drug-likeness (QED) is 0.837. The molecule has 0 spiro atoms. The Kier molecular flexibility index (Phi) is 4.77. The number of anilines is 1. The molecule has 0 aromatic heterocycles. The summed E-state index contributed by atoms with van der Waals surface area (Å²) in [5.74, 6) is 0.214. The number of carbonyl (C=O) groups is 2. The third-order valence-electron chi connectivity index (χ3n) is 3.53. The zero-order valence-corrected chi connectivity index (χ0v) is 12.1. The second-order valence-corrected chi connectivity index (χ2v) is 5.78. The Balaban J connectivity index is 1.74. The van der Waals surface area contributed by atoms with Gasteiger partial charge in [-0.15, -0.1) is 0 Å². The standard InChI is InChI=1S/C16H22N2O2/c1-11(2)8-9-17-15(19)13-10-14(13)16(20)18-12-6-4-3-5-7-12/h3-7,11,13-14H,8-10H2,1-2H3,(H,17,19)(H,18,20). The number of carbonyl (C=O) groups excluding carboxylic acids is 2. The van der Waals surface area contributed by atoms with Crippen LogP contribution in [0.25, 0.3) is 0 Å². The maximum absolute atomic E-state index is 12.0. The van der Waals surface area contributed by atoms with E-state index in [-0.39, 0.29) is 23.7 Å². The van der Waals surface area contributed by atoms with E-state index in [4.69, 9.17) is 0 Å². The van der Waals surface area contributed by atoms with Crippen LogP contribution < -0.4 is 10.6 Å². The van der Waals surface area contributed by atoms with Gasteiger partial charge in [0.25, 0.3) is 0 Å². The lowest BCUT2D eigenvalue weighted by Crippen LogP contribution is -2.28. The highest BCUT2D eigenvalue weighted by molar-refractivity contribution is 5.99. The third kappa shape index (κ3) is 4.08.